The van der Waals surface area contributed by atoms with E-state index in [1.807, 2.05) is 19.6 Å². The maximum atomic E-state index is 4.27. The van der Waals surface area contributed by atoms with Crippen LogP contribution in [-0.2, 0) is 13.1 Å². The minimum Gasteiger partial charge on any atom is -0.333 e. The molecular weight excluding hydrogens is 198 g/mol. The van der Waals surface area contributed by atoms with Crippen LogP contribution in [-0.4, -0.2) is 16.6 Å². The summed E-state index contributed by atoms with van der Waals surface area (Å²) in [5, 5.41) is 3.21. The first-order chi connectivity index (χ1) is 7.86. The number of aromatic nitrogens is 2. The zero-order valence-corrected chi connectivity index (χ0v) is 10.0. The fourth-order valence-electron chi connectivity index (χ4n) is 3.69. The summed E-state index contributed by atoms with van der Waals surface area (Å²) in [5.74, 6) is 2.98. The molecule has 0 aromatic carbocycles. The average Bonchev–Trinajstić information content (AvgIpc) is 2.96. The zero-order valence-electron chi connectivity index (χ0n) is 10.0. The minimum absolute atomic E-state index is 0.920. The normalized spacial score (nSPS) is 32.4. The lowest BCUT2D eigenvalue weighted by Crippen LogP contribution is -2.19. The molecule has 88 valence electrons. The number of nitrogens with zero attached hydrogens (tertiary/aromatic N) is 2. The highest BCUT2D eigenvalue weighted by Crippen LogP contribution is 2.48. The molecule has 3 rings (SSSR count). The van der Waals surface area contributed by atoms with Crippen LogP contribution in [0.25, 0.3) is 0 Å². The maximum Gasteiger partial charge on any atom is 0.0948 e. The summed E-state index contributed by atoms with van der Waals surface area (Å²) in [7, 11) is 1.99. The van der Waals surface area contributed by atoms with E-state index in [1.54, 1.807) is 0 Å². The molecule has 0 saturated heterocycles. The highest BCUT2D eigenvalue weighted by Gasteiger charge is 2.39. The molecule has 0 amide bonds. The van der Waals surface area contributed by atoms with Crippen LogP contribution in [0.1, 0.15) is 31.4 Å². The van der Waals surface area contributed by atoms with Gasteiger partial charge in [-0.05, 0) is 44.1 Å². The van der Waals surface area contributed by atoms with Gasteiger partial charge in [-0.15, -0.1) is 0 Å². The van der Waals surface area contributed by atoms with Crippen LogP contribution in [0.15, 0.2) is 12.5 Å². The number of rotatable bonds is 4. The van der Waals surface area contributed by atoms with Crippen LogP contribution >= 0.6 is 0 Å². The lowest BCUT2D eigenvalue weighted by atomic mass is 9.89. The Morgan fingerprint density at radius 1 is 1.44 bits per heavy atom. The largest absolute Gasteiger partial charge is 0.333 e. The van der Waals surface area contributed by atoms with Crippen LogP contribution in [0.2, 0.25) is 0 Å². The monoisotopic (exact) mass is 219 g/mol. The van der Waals surface area contributed by atoms with Crippen LogP contribution in [0.5, 0.6) is 0 Å². The van der Waals surface area contributed by atoms with Crippen molar-refractivity contribution in [2.45, 2.75) is 38.8 Å². The van der Waals surface area contributed by atoms with Crippen molar-refractivity contribution in [2.75, 3.05) is 7.05 Å². The smallest absolute Gasteiger partial charge is 0.0948 e. The fourth-order valence-corrected chi connectivity index (χ4v) is 3.69. The second-order valence-electron chi connectivity index (χ2n) is 5.50. The molecule has 0 radical (unpaired) electrons. The van der Waals surface area contributed by atoms with E-state index in [2.05, 4.69) is 14.9 Å². The number of imidazole rings is 1. The van der Waals surface area contributed by atoms with Gasteiger partial charge in [0, 0.05) is 19.3 Å². The van der Waals surface area contributed by atoms with Gasteiger partial charge in [0.05, 0.1) is 12.0 Å². The van der Waals surface area contributed by atoms with E-state index < -0.39 is 0 Å². The molecule has 3 heteroatoms. The summed E-state index contributed by atoms with van der Waals surface area (Å²) in [6, 6.07) is 0. The van der Waals surface area contributed by atoms with Crippen LogP contribution in [0.3, 0.4) is 0 Å². The Hall–Kier alpha value is -0.830. The predicted molar refractivity (Wildman–Crippen MR) is 63.9 cm³/mol. The molecule has 3 atom stereocenters. The van der Waals surface area contributed by atoms with E-state index in [4.69, 9.17) is 0 Å². The van der Waals surface area contributed by atoms with E-state index in [9.17, 15) is 0 Å². The van der Waals surface area contributed by atoms with Gasteiger partial charge >= 0.3 is 0 Å². The molecule has 0 spiro atoms. The molecule has 1 aromatic rings. The van der Waals surface area contributed by atoms with Crippen molar-refractivity contribution in [3.63, 3.8) is 0 Å². The van der Waals surface area contributed by atoms with Gasteiger partial charge < -0.3 is 9.88 Å². The molecule has 2 aliphatic rings. The van der Waals surface area contributed by atoms with Gasteiger partial charge in [-0.3, -0.25) is 0 Å². The summed E-state index contributed by atoms with van der Waals surface area (Å²) < 4.78 is 2.35. The van der Waals surface area contributed by atoms with Crippen LogP contribution < -0.4 is 5.32 Å². The highest BCUT2D eigenvalue weighted by molar-refractivity contribution is 4.99. The van der Waals surface area contributed by atoms with E-state index in [0.717, 1.165) is 24.3 Å². The first-order valence-corrected chi connectivity index (χ1v) is 6.50. The predicted octanol–water partition coefficient (Wildman–Crippen LogP) is 2.04. The van der Waals surface area contributed by atoms with E-state index in [-0.39, 0.29) is 0 Å². The van der Waals surface area contributed by atoms with Crippen molar-refractivity contribution in [3.05, 3.63) is 18.2 Å². The Kier molecular flexibility index (Phi) is 2.72. The Morgan fingerprint density at radius 2 is 2.38 bits per heavy atom. The lowest BCUT2D eigenvalue weighted by Gasteiger charge is -2.22. The van der Waals surface area contributed by atoms with Gasteiger partial charge in [-0.2, -0.15) is 0 Å². The Balaban J connectivity index is 1.67. The van der Waals surface area contributed by atoms with E-state index >= 15 is 0 Å². The van der Waals surface area contributed by atoms with Gasteiger partial charge in [0.25, 0.3) is 0 Å². The number of nitrogens with one attached hydrogen (secondary N) is 1. The number of fused-ring (bicyclic) bond motifs is 2. The van der Waals surface area contributed by atoms with Crippen LogP contribution in [0, 0.1) is 17.8 Å². The standard InChI is InChI=1S/C13H21N3/c1-14-6-13-7-15-9-16(13)8-12-5-10-2-3-11(12)4-10/h7,9-12,14H,2-6,8H2,1H3. The van der Waals surface area contributed by atoms with Crippen molar-refractivity contribution in [1.82, 2.24) is 14.9 Å². The SMILES string of the molecule is CNCc1cncn1CC1CC2CCC1C2. The van der Waals surface area contributed by atoms with E-state index in [0.29, 0.717) is 0 Å². The summed E-state index contributed by atoms with van der Waals surface area (Å²) in [5.41, 5.74) is 1.32. The van der Waals surface area contributed by atoms with Gasteiger partial charge in [-0.25, -0.2) is 4.98 Å². The highest BCUT2D eigenvalue weighted by atomic mass is 15.1. The summed E-state index contributed by atoms with van der Waals surface area (Å²) in [4.78, 5) is 4.27. The third kappa shape index (κ3) is 1.77. The Morgan fingerprint density at radius 3 is 3.06 bits per heavy atom. The van der Waals surface area contributed by atoms with Crippen molar-refractivity contribution in [2.24, 2.45) is 17.8 Å². The molecule has 2 bridgehead atoms. The zero-order chi connectivity index (χ0) is 11.0. The minimum atomic E-state index is 0.920. The van der Waals surface area contributed by atoms with Gasteiger partial charge in [0.1, 0.15) is 0 Å². The summed E-state index contributed by atoms with van der Waals surface area (Å²) in [6.07, 6.45) is 9.92. The second kappa shape index (κ2) is 4.21. The molecule has 2 aliphatic carbocycles. The van der Waals surface area contributed by atoms with Gasteiger partial charge in [0.2, 0.25) is 0 Å². The molecule has 3 nitrogen and oxygen atoms in total. The molecule has 0 aliphatic heterocycles. The molecule has 16 heavy (non-hydrogen) atoms. The topological polar surface area (TPSA) is 29.9 Å². The molecule has 1 aromatic heterocycles. The van der Waals surface area contributed by atoms with Crippen molar-refractivity contribution >= 4 is 0 Å². The van der Waals surface area contributed by atoms with Gasteiger partial charge in [-0.1, -0.05) is 6.42 Å². The molecule has 3 unspecified atom stereocenters. The summed E-state index contributed by atoms with van der Waals surface area (Å²) in [6.45, 7) is 2.12. The molecule has 2 saturated carbocycles. The first-order valence-electron chi connectivity index (χ1n) is 6.50. The molecule has 1 heterocycles. The van der Waals surface area contributed by atoms with Crippen molar-refractivity contribution in [3.8, 4) is 0 Å². The van der Waals surface area contributed by atoms with E-state index in [1.165, 1.54) is 37.9 Å². The molecule has 1 N–H and O–H groups in total. The first kappa shape index (κ1) is 10.3. The van der Waals surface area contributed by atoms with Crippen molar-refractivity contribution < 1.29 is 0 Å². The van der Waals surface area contributed by atoms with Gasteiger partial charge in [0.15, 0.2) is 0 Å². The second-order valence-corrected chi connectivity index (χ2v) is 5.50. The number of hydrogen-bond acceptors (Lipinski definition) is 2. The fraction of sp³-hybridized carbons (Fsp3) is 0.769. The molecule has 2 fully saturated rings. The molecular formula is C13H21N3. The average molecular weight is 219 g/mol. The third-order valence-corrected chi connectivity index (χ3v) is 4.47. The maximum absolute atomic E-state index is 4.27. The third-order valence-electron chi connectivity index (χ3n) is 4.47. The summed E-state index contributed by atoms with van der Waals surface area (Å²) >= 11 is 0. The lowest BCUT2D eigenvalue weighted by molar-refractivity contribution is 0.292. The van der Waals surface area contributed by atoms with Crippen LogP contribution in [0.4, 0.5) is 0 Å². The Labute approximate surface area is 97.3 Å². The number of hydrogen-bond donors (Lipinski definition) is 1. The van der Waals surface area contributed by atoms with Crippen molar-refractivity contribution in [1.29, 1.82) is 0 Å². The quantitative estimate of drug-likeness (QED) is 0.840. The Bertz CT molecular complexity index is 358.